The van der Waals surface area contributed by atoms with E-state index in [-0.39, 0.29) is 0 Å². The average molecular weight is 549 g/mol. The van der Waals surface area contributed by atoms with E-state index in [1.807, 2.05) is 6.07 Å². The van der Waals surface area contributed by atoms with E-state index >= 15 is 0 Å². The molecule has 2 nitrogen and oxygen atoms in total. The second kappa shape index (κ2) is 10.6. The molecular weight excluding hydrogens is 520 g/mol. The quantitative estimate of drug-likeness (QED) is 0.209. The molecule has 2 heteroatoms. The van der Waals surface area contributed by atoms with Crippen molar-refractivity contribution in [3.05, 3.63) is 170 Å². The highest BCUT2D eigenvalue weighted by molar-refractivity contribution is 6.10. The average Bonchev–Trinajstić information content (AvgIpc) is 3.43. The van der Waals surface area contributed by atoms with Crippen LogP contribution in [0.3, 0.4) is 0 Å². The lowest BCUT2D eigenvalue weighted by molar-refractivity contribution is 1.18. The first kappa shape index (κ1) is 25.0. The van der Waals surface area contributed by atoms with Crippen LogP contribution in [0.15, 0.2) is 170 Å². The van der Waals surface area contributed by atoms with Gasteiger partial charge in [0.1, 0.15) is 0 Å². The summed E-state index contributed by atoms with van der Waals surface area (Å²) in [5.41, 5.74) is 12.5. The normalized spacial score (nSPS) is 11.3. The summed E-state index contributed by atoms with van der Waals surface area (Å²) in [6.45, 7) is 0. The Hall–Kier alpha value is -5.73. The van der Waals surface area contributed by atoms with Crippen molar-refractivity contribution in [3.8, 4) is 50.5 Å². The summed E-state index contributed by atoms with van der Waals surface area (Å²) >= 11 is 0. The van der Waals surface area contributed by atoms with Crippen LogP contribution in [-0.2, 0) is 0 Å². The Morgan fingerprint density at radius 1 is 0.326 bits per heavy atom. The molecule has 0 amide bonds. The number of aromatic nitrogens is 2. The molecule has 8 aromatic rings. The number of benzene rings is 6. The van der Waals surface area contributed by atoms with Crippen molar-refractivity contribution in [2.45, 2.75) is 0 Å². The van der Waals surface area contributed by atoms with Gasteiger partial charge in [-0.05, 0) is 64.7 Å². The molecular formula is C41H28N2. The van der Waals surface area contributed by atoms with Gasteiger partial charge in [-0.25, -0.2) is 4.98 Å². The van der Waals surface area contributed by atoms with Crippen LogP contribution in [0.4, 0.5) is 0 Å². The van der Waals surface area contributed by atoms with E-state index in [0.717, 1.165) is 28.1 Å². The minimum atomic E-state index is 0.966. The standard InChI is InChI=1S/C41H28N2/c1-4-12-29(13-5-1)34-27-38(31-14-6-2-7-15-31)42-39(28-34)32-22-20-30(21-23-32)33-24-25-41-37(26-33)36-18-10-11-19-40(36)43(41)35-16-8-3-9-17-35/h1-28H. The van der Waals surface area contributed by atoms with E-state index in [9.17, 15) is 0 Å². The third-order valence-electron chi connectivity index (χ3n) is 8.20. The van der Waals surface area contributed by atoms with E-state index in [4.69, 9.17) is 4.98 Å². The molecule has 0 atom stereocenters. The first-order valence-electron chi connectivity index (χ1n) is 14.6. The molecule has 0 saturated heterocycles. The van der Waals surface area contributed by atoms with Crippen LogP contribution < -0.4 is 0 Å². The Labute approximate surface area is 251 Å². The summed E-state index contributed by atoms with van der Waals surface area (Å²) in [5.74, 6) is 0. The molecule has 0 aliphatic rings. The third kappa shape index (κ3) is 4.60. The minimum absolute atomic E-state index is 0.966. The molecule has 0 aliphatic heterocycles. The summed E-state index contributed by atoms with van der Waals surface area (Å²) in [5, 5.41) is 2.51. The maximum absolute atomic E-state index is 5.11. The molecule has 2 aromatic heterocycles. The number of hydrogen-bond acceptors (Lipinski definition) is 1. The maximum Gasteiger partial charge on any atom is 0.0715 e. The number of fused-ring (bicyclic) bond motifs is 3. The number of para-hydroxylation sites is 2. The lowest BCUT2D eigenvalue weighted by Crippen LogP contribution is -1.93. The van der Waals surface area contributed by atoms with E-state index in [0.29, 0.717) is 0 Å². The van der Waals surface area contributed by atoms with Crippen LogP contribution in [0, 0.1) is 0 Å². The molecule has 2 heterocycles. The second-order valence-electron chi connectivity index (χ2n) is 10.9. The fourth-order valence-electron chi connectivity index (χ4n) is 6.07. The van der Waals surface area contributed by atoms with Gasteiger partial charge < -0.3 is 4.57 Å². The number of nitrogens with zero attached hydrogens (tertiary/aromatic N) is 2. The van der Waals surface area contributed by atoms with Gasteiger partial charge in [-0.3, -0.25) is 0 Å². The van der Waals surface area contributed by atoms with E-state index < -0.39 is 0 Å². The van der Waals surface area contributed by atoms with Gasteiger partial charge in [0, 0.05) is 27.6 Å². The van der Waals surface area contributed by atoms with E-state index in [1.165, 1.54) is 44.2 Å². The number of rotatable bonds is 5. The Morgan fingerprint density at radius 2 is 0.814 bits per heavy atom. The molecule has 202 valence electrons. The lowest BCUT2D eigenvalue weighted by atomic mass is 9.98. The largest absolute Gasteiger partial charge is 0.309 e. The van der Waals surface area contributed by atoms with Crippen LogP contribution in [0.5, 0.6) is 0 Å². The summed E-state index contributed by atoms with van der Waals surface area (Å²) in [6.07, 6.45) is 0. The first-order chi connectivity index (χ1) is 21.3. The zero-order valence-corrected chi connectivity index (χ0v) is 23.6. The van der Waals surface area contributed by atoms with Crippen molar-refractivity contribution in [3.63, 3.8) is 0 Å². The van der Waals surface area contributed by atoms with Crippen LogP contribution >= 0.6 is 0 Å². The molecule has 0 fully saturated rings. The molecule has 0 bridgehead atoms. The smallest absolute Gasteiger partial charge is 0.0715 e. The molecule has 0 unspecified atom stereocenters. The molecule has 0 N–H and O–H groups in total. The fourth-order valence-corrected chi connectivity index (χ4v) is 6.07. The van der Waals surface area contributed by atoms with Crippen LogP contribution in [-0.4, -0.2) is 9.55 Å². The predicted molar refractivity (Wildman–Crippen MR) is 180 cm³/mol. The molecule has 43 heavy (non-hydrogen) atoms. The molecule has 0 spiro atoms. The Balaban J connectivity index is 1.21. The summed E-state index contributed by atoms with van der Waals surface area (Å²) in [6, 6.07) is 60.2. The van der Waals surface area contributed by atoms with Gasteiger partial charge in [-0.1, -0.05) is 127 Å². The highest BCUT2D eigenvalue weighted by Crippen LogP contribution is 2.36. The van der Waals surface area contributed by atoms with Gasteiger partial charge in [0.2, 0.25) is 0 Å². The molecule has 0 saturated carbocycles. The Bertz CT molecular complexity index is 2140. The number of pyridine rings is 1. The summed E-state index contributed by atoms with van der Waals surface area (Å²) in [7, 11) is 0. The summed E-state index contributed by atoms with van der Waals surface area (Å²) < 4.78 is 2.35. The fraction of sp³-hybridized carbons (Fsp3) is 0. The molecule has 6 aromatic carbocycles. The third-order valence-corrected chi connectivity index (χ3v) is 8.20. The van der Waals surface area contributed by atoms with Gasteiger partial charge >= 0.3 is 0 Å². The lowest BCUT2D eigenvalue weighted by Gasteiger charge is -2.11. The van der Waals surface area contributed by atoms with Crippen molar-refractivity contribution in [1.82, 2.24) is 9.55 Å². The van der Waals surface area contributed by atoms with Gasteiger partial charge in [0.25, 0.3) is 0 Å². The van der Waals surface area contributed by atoms with E-state index in [1.54, 1.807) is 0 Å². The number of hydrogen-bond donors (Lipinski definition) is 0. The molecule has 0 radical (unpaired) electrons. The minimum Gasteiger partial charge on any atom is -0.309 e. The summed E-state index contributed by atoms with van der Waals surface area (Å²) in [4.78, 5) is 5.11. The van der Waals surface area contributed by atoms with Gasteiger partial charge in [0.15, 0.2) is 0 Å². The topological polar surface area (TPSA) is 17.8 Å². The van der Waals surface area contributed by atoms with Crippen molar-refractivity contribution in [2.75, 3.05) is 0 Å². The maximum atomic E-state index is 5.11. The molecule has 0 aliphatic carbocycles. The molecule has 8 rings (SSSR count). The van der Waals surface area contributed by atoms with Crippen molar-refractivity contribution in [2.24, 2.45) is 0 Å². The van der Waals surface area contributed by atoms with Crippen LogP contribution in [0.2, 0.25) is 0 Å². The SMILES string of the molecule is c1ccc(-c2cc(-c3ccccc3)nc(-c3ccc(-c4ccc5c(c4)c4ccccc4n5-c4ccccc4)cc3)c2)cc1. The zero-order valence-electron chi connectivity index (χ0n) is 23.6. The monoisotopic (exact) mass is 548 g/mol. The highest BCUT2D eigenvalue weighted by atomic mass is 15.0. The van der Waals surface area contributed by atoms with Gasteiger partial charge in [0.05, 0.1) is 22.4 Å². The van der Waals surface area contributed by atoms with Gasteiger partial charge in [-0.15, -0.1) is 0 Å². The van der Waals surface area contributed by atoms with Crippen molar-refractivity contribution >= 4 is 21.8 Å². The Kier molecular flexibility index (Phi) is 6.16. The van der Waals surface area contributed by atoms with E-state index in [2.05, 4.69) is 168 Å². The Morgan fingerprint density at radius 3 is 1.51 bits per heavy atom. The second-order valence-corrected chi connectivity index (χ2v) is 10.9. The van der Waals surface area contributed by atoms with Crippen LogP contribution in [0.1, 0.15) is 0 Å². The first-order valence-corrected chi connectivity index (χ1v) is 14.6. The highest BCUT2D eigenvalue weighted by Gasteiger charge is 2.14. The van der Waals surface area contributed by atoms with Gasteiger partial charge in [-0.2, -0.15) is 0 Å². The van der Waals surface area contributed by atoms with Crippen LogP contribution in [0.25, 0.3) is 72.3 Å². The zero-order chi connectivity index (χ0) is 28.6. The van der Waals surface area contributed by atoms with Crippen molar-refractivity contribution in [1.29, 1.82) is 0 Å². The van der Waals surface area contributed by atoms with Crippen molar-refractivity contribution < 1.29 is 0 Å². The predicted octanol–water partition coefficient (Wildman–Crippen LogP) is 10.8.